The Bertz CT molecular complexity index is 187. The average molecular weight is 173 g/mol. The quantitative estimate of drug-likeness (QED) is 0.599. The van der Waals surface area contributed by atoms with E-state index in [1.165, 1.54) is 12.8 Å². The van der Waals surface area contributed by atoms with Gasteiger partial charge >= 0.3 is 0 Å². The standard InChI is InChI=1S/C8H12N2.ClH/c9-4-6-1-5-2-7(6)8(10)3-5;/h5-8H,1-3,10H2;1H/t5-,6-,7-,8+;/m1./s1. The first kappa shape index (κ1) is 8.83. The molecule has 2 fully saturated rings. The maximum absolute atomic E-state index is 8.70. The van der Waals surface area contributed by atoms with Crippen molar-refractivity contribution in [3.8, 4) is 6.07 Å². The third-order valence-corrected chi connectivity index (χ3v) is 3.03. The van der Waals surface area contributed by atoms with Crippen molar-refractivity contribution in [2.24, 2.45) is 23.5 Å². The Morgan fingerprint density at radius 1 is 1.27 bits per heavy atom. The van der Waals surface area contributed by atoms with E-state index in [2.05, 4.69) is 6.07 Å². The van der Waals surface area contributed by atoms with Gasteiger partial charge in [-0.3, -0.25) is 0 Å². The smallest absolute Gasteiger partial charge is 0.0659 e. The molecule has 2 nitrogen and oxygen atoms in total. The highest BCUT2D eigenvalue weighted by Crippen LogP contribution is 2.47. The van der Waals surface area contributed by atoms with Crippen LogP contribution in [0.25, 0.3) is 0 Å². The van der Waals surface area contributed by atoms with Gasteiger partial charge in [0.1, 0.15) is 0 Å². The summed E-state index contributed by atoms with van der Waals surface area (Å²) < 4.78 is 0. The highest BCUT2D eigenvalue weighted by Gasteiger charge is 2.44. The number of rotatable bonds is 0. The second-order valence-corrected chi connectivity index (χ2v) is 3.64. The second-order valence-electron chi connectivity index (χ2n) is 3.64. The third-order valence-electron chi connectivity index (χ3n) is 3.03. The van der Waals surface area contributed by atoms with E-state index in [-0.39, 0.29) is 18.3 Å². The SMILES string of the molecule is Cl.N#C[C@H]1C[C@@H]2C[C@H]1[C@@H](N)C2. The molecule has 0 saturated heterocycles. The summed E-state index contributed by atoms with van der Waals surface area (Å²) >= 11 is 0. The molecule has 2 N–H and O–H groups in total. The van der Waals surface area contributed by atoms with Crippen LogP contribution in [0.1, 0.15) is 19.3 Å². The molecule has 0 amide bonds. The van der Waals surface area contributed by atoms with Crippen LogP contribution in [-0.4, -0.2) is 6.04 Å². The van der Waals surface area contributed by atoms with E-state index in [1.54, 1.807) is 0 Å². The van der Waals surface area contributed by atoms with Crippen LogP contribution in [0.2, 0.25) is 0 Å². The summed E-state index contributed by atoms with van der Waals surface area (Å²) in [6.45, 7) is 0. The first-order valence-electron chi connectivity index (χ1n) is 3.96. The minimum absolute atomic E-state index is 0. The number of hydrogen-bond donors (Lipinski definition) is 1. The van der Waals surface area contributed by atoms with Crippen LogP contribution < -0.4 is 5.73 Å². The van der Waals surface area contributed by atoms with Crippen molar-refractivity contribution in [1.82, 2.24) is 0 Å². The van der Waals surface area contributed by atoms with Crippen molar-refractivity contribution in [2.45, 2.75) is 25.3 Å². The van der Waals surface area contributed by atoms with E-state index in [9.17, 15) is 0 Å². The molecule has 0 spiro atoms. The highest BCUT2D eigenvalue weighted by atomic mass is 35.5. The fraction of sp³-hybridized carbons (Fsp3) is 0.875. The molecular weight excluding hydrogens is 160 g/mol. The van der Waals surface area contributed by atoms with E-state index >= 15 is 0 Å². The Hall–Kier alpha value is -0.260. The largest absolute Gasteiger partial charge is 0.327 e. The van der Waals surface area contributed by atoms with Gasteiger partial charge in [0.2, 0.25) is 0 Å². The van der Waals surface area contributed by atoms with E-state index in [0.717, 1.165) is 12.3 Å². The van der Waals surface area contributed by atoms with Gasteiger partial charge in [0.25, 0.3) is 0 Å². The fourth-order valence-corrected chi connectivity index (χ4v) is 2.55. The molecule has 4 atom stereocenters. The monoisotopic (exact) mass is 172 g/mol. The maximum Gasteiger partial charge on any atom is 0.0659 e. The predicted octanol–water partition coefficient (Wildman–Crippen LogP) is 1.31. The summed E-state index contributed by atoms with van der Waals surface area (Å²) in [6, 6.07) is 2.68. The molecule has 0 heterocycles. The molecule has 2 rings (SSSR count). The molecule has 0 aromatic heterocycles. The first-order valence-corrected chi connectivity index (χ1v) is 3.96. The van der Waals surface area contributed by atoms with Crippen molar-refractivity contribution in [2.75, 3.05) is 0 Å². The molecule has 0 aromatic rings. The minimum Gasteiger partial charge on any atom is -0.327 e. The fourth-order valence-electron chi connectivity index (χ4n) is 2.55. The summed E-state index contributed by atoms with van der Waals surface area (Å²) in [5.41, 5.74) is 5.83. The summed E-state index contributed by atoms with van der Waals surface area (Å²) in [7, 11) is 0. The molecule has 11 heavy (non-hydrogen) atoms. The number of nitrogens with two attached hydrogens (primary N) is 1. The second kappa shape index (κ2) is 3.00. The topological polar surface area (TPSA) is 49.8 Å². The molecule has 0 unspecified atom stereocenters. The van der Waals surface area contributed by atoms with Gasteiger partial charge in [-0.2, -0.15) is 5.26 Å². The number of hydrogen-bond acceptors (Lipinski definition) is 2. The van der Waals surface area contributed by atoms with Gasteiger partial charge in [-0.1, -0.05) is 0 Å². The lowest BCUT2D eigenvalue weighted by Gasteiger charge is -2.20. The van der Waals surface area contributed by atoms with Gasteiger partial charge in [0, 0.05) is 6.04 Å². The van der Waals surface area contributed by atoms with E-state index in [1.807, 2.05) is 0 Å². The zero-order chi connectivity index (χ0) is 7.14. The van der Waals surface area contributed by atoms with Gasteiger partial charge in [-0.05, 0) is 31.1 Å². The Kier molecular flexibility index (Phi) is 2.41. The van der Waals surface area contributed by atoms with E-state index in [4.69, 9.17) is 11.0 Å². The zero-order valence-corrected chi connectivity index (χ0v) is 7.18. The molecule has 2 saturated carbocycles. The summed E-state index contributed by atoms with van der Waals surface area (Å²) in [6.07, 6.45) is 3.51. The molecule has 2 aliphatic rings. The summed E-state index contributed by atoms with van der Waals surface area (Å²) in [4.78, 5) is 0. The Morgan fingerprint density at radius 2 is 2.00 bits per heavy atom. The van der Waals surface area contributed by atoms with Crippen molar-refractivity contribution < 1.29 is 0 Å². The maximum atomic E-state index is 8.70. The van der Waals surface area contributed by atoms with Gasteiger partial charge in [0.05, 0.1) is 12.0 Å². The number of nitriles is 1. The van der Waals surface area contributed by atoms with Crippen molar-refractivity contribution in [3.05, 3.63) is 0 Å². The molecule has 2 aliphatic carbocycles. The van der Waals surface area contributed by atoms with Gasteiger partial charge in [-0.15, -0.1) is 12.4 Å². The van der Waals surface area contributed by atoms with Crippen LogP contribution in [0.5, 0.6) is 0 Å². The molecule has 0 aliphatic heterocycles. The number of halogens is 1. The van der Waals surface area contributed by atoms with E-state index in [0.29, 0.717) is 12.0 Å². The molecule has 0 radical (unpaired) electrons. The van der Waals surface area contributed by atoms with Gasteiger partial charge in [0.15, 0.2) is 0 Å². The molecule has 62 valence electrons. The molecule has 0 aromatic carbocycles. The predicted molar refractivity (Wildman–Crippen MR) is 45.2 cm³/mol. The third kappa shape index (κ3) is 1.23. The van der Waals surface area contributed by atoms with Crippen LogP contribution in [0.3, 0.4) is 0 Å². The van der Waals surface area contributed by atoms with Crippen LogP contribution in [0.15, 0.2) is 0 Å². The summed E-state index contributed by atoms with van der Waals surface area (Å²) in [5.74, 6) is 1.60. The van der Waals surface area contributed by atoms with Crippen LogP contribution in [0.4, 0.5) is 0 Å². The molecular formula is C8H13ClN2. The molecule has 3 heteroatoms. The van der Waals surface area contributed by atoms with Gasteiger partial charge < -0.3 is 5.73 Å². The van der Waals surface area contributed by atoms with Gasteiger partial charge in [-0.25, -0.2) is 0 Å². The average Bonchev–Trinajstić information content (AvgIpc) is 2.44. The lowest BCUT2D eigenvalue weighted by atomic mass is 9.87. The normalized spacial score (nSPS) is 46.5. The van der Waals surface area contributed by atoms with Crippen molar-refractivity contribution in [1.29, 1.82) is 5.26 Å². The number of fused-ring (bicyclic) bond motifs is 2. The molecule has 2 bridgehead atoms. The Morgan fingerprint density at radius 3 is 2.36 bits per heavy atom. The van der Waals surface area contributed by atoms with Crippen LogP contribution in [0, 0.1) is 29.1 Å². The summed E-state index contributed by atoms with van der Waals surface area (Å²) in [5, 5.41) is 8.70. The highest BCUT2D eigenvalue weighted by molar-refractivity contribution is 5.85. The zero-order valence-electron chi connectivity index (χ0n) is 6.36. The Balaban J connectivity index is 0.000000605. The minimum atomic E-state index is 0. The van der Waals surface area contributed by atoms with Crippen LogP contribution in [-0.2, 0) is 0 Å². The van der Waals surface area contributed by atoms with Crippen molar-refractivity contribution >= 4 is 12.4 Å². The van der Waals surface area contributed by atoms with Crippen molar-refractivity contribution in [3.63, 3.8) is 0 Å². The van der Waals surface area contributed by atoms with E-state index < -0.39 is 0 Å². The lowest BCUT2D eigenvalue weighted by molar-refractivity contribution is 0.353. The first-order chi connectivity index (χ1) is 4.81. The Labute approximate surface area is 73.2 Å². The number of nitrogens with zero attached hydrogens (tertiary/aromatic N) is 1. The van der Waals surface area contributed by atoms with Crippen LogP contribution >= 0.6 is 12.4 Å². The lowest BCUT2D eigenvalue weighted by Crippen LogP contribution is -2.31.